The molecule has 0 unspecified atom stereocenters. The molecule has 3 rings (SSSR count). The zero-order valence-electron chi connectivity index (χ0n) is 13.4. The van der Waals surface area contributed by atoms with E-state index in [0.717, 1.165) is 13.1 Å². The van der Waals surface area contributed by atoms with E-state index in [0.29, 0.717) is 18.7 Å². The van der Waals surface area contributed by atoms with Gasteiger partial charge in [-0.25, -0.2) is 4.39 Å². The van der Waals surface area contributed by atoms with Crippen molar-refractivity contribution < 1.29 is 18.7 Å². The normalized spacial score (nSPS) is 23.3. The Labute approximate surface area is 135 Å². The molecule has 23 heavy (non-hydrogen) atoms. The summed E-state index contributed by atoms with van der Waals surface area (Å²) in [6.45, 7) is 4.54. The van der Waals surface area contributed by atoms with E-state index in [1.165, 1.54) is 19.2 Å². The molecule has 1 aromatic carbocycles. The molecule has 2 atom stereocenters. The fraction of sp³-hybridized carbons (Fsp3) is 0.529. The first-order chi connectivity index (χ1) is 11.0. The minimum Gasteiger partial charge on any atom is -0.494 e. The summed E-state index contributed by atoms with van der Waals surface area (Å²) >= 11 is 0. The summed E-state index contributed by atoms with van der Waals surface area (Å²) in [7, 11) is 1.41. The van der Waals surface area contributed by atoms with Crippen LogP contribution in [0.2, 0.25) is 0 Å². The SMILES string of the molecule is CCN1C[C@@H]2CN(C(=O)Cc3ccc(OC)c(F)c3)C[C@@H]2C1=O. The molecule has 0 aliphatic carbocycles. The number of nitrogens with zero attached hydrogens (tertiary/aromatic N) is 2. The van der Waals surface area contributed by atoms with Crippen LogP contribution in [-0.2, 0) is 16.0 Å². The number of ether oxygens (including phenoxy) is 1. The summed E-state index contributed by atoms with van der Waals surface area (Å²) in [6, 6.07) is 4.55. The number of benzene rings is 1. The lowest BCUT2D eigenvalue weighted by Gasteiger charge is -2.21. The van der Waals surface area contributed by atoms with Crippen molar-refractivity contribution in [3.8, 4) is 5.75 Å². The summed E-state index contributed by atoms with van der Waals surface area (Å²) in [4.78, 5) is 28.2. The highest BCUT2D eigenvalue weighted by Crippen LogP contribution is 2.32. The highest BCUT2D eigenvalue weighted by molar-refractivity contribution is 5.85. The zero-order valence-corrected chi connectivity index (χ0v) is 13.4. The summed E-state index contributed by atoms with van der Waals surface area (Å²) < 4.78 is 18.6. The number of fused-ring (bicyclic) bond motifs is 1. The van der Waals surface area contributed by atoms with E-state index in [2.05, 4.69) is 0 Å². The maximum Gasteiger partial charge on any atom is 0.227 e. The Balaban J connectivity index is 1.62. The van der Waals surface area contributed by atoms with Gasteiger partial charge in [0.1, 0.15) is 0 Å². The Hall–Kier alpha value is -2.11. The molecule has 124 valence electrons. The van der Waals surface area contributed by atoms with Gasteiger partial charge in [-0.15, -0.1) is 0 Å². The summed E-state index contributed by atoms with van der Waals surface area (Å²) in [5.41, 5.74) is 0.617. The number of hydrogen-bond donors (Lipinski definition) is 0. The summed E-state index contributed by atoms with van der Waals surface area (Å²) in [5.74, 6) is -0.0272. The Morgan fingerprint density at radius 3 is 2.74 bits per heavy atom. The van der Waals surface area contributed by atoms with Gasteiger partial charge in [0.2, 0.25) is 11.8 Å². The number of amides is 2. The molecule has 0 bridgehead atoms. The molecule has 6 heteroatoms. The van der Waals surface area contributed by atoms with Crippen molar-refractivity contribution in [2.24, 2.45) is 11.8 Å². The van der Waals surface area contributed by atoms with Crippen LogP contribution in [0.25, 0.3) is 0 Å². The Morgan fingerprint density at radius 2 is 2.13 bits per heavy atom. The van der Waals surface area contributed by atoms with E-state index >= 15 is 0 Å². The van der Waals surface area contributed by atoms with Crippen molar-refractivity contribution in [2.45, 2.75) is 13.3 Å². The molecule has 5 nitrogen and oxygen atoms in total. The second kappa shape index (κ2) is 6.18. The third kappa shape index (κ3) is 2.90. The lowest BCUT2D eigenvalue weighted by molar-refractivity contribution is -0.132. The van der Waals surface area contributed by atoms with Crippen molar-refractivity contribution in [3.63, 3.8) is 0 Å². The topological polar surface area (TPSA) is 49.9 Å². The van der Waals surface area contributed by atoms with Crippen molar-refractivity contribution in [1.82, 2.24) is 9.80 Å². The fourth-order valence-electron chi connectivity index (χ4n) is 3.54. The average Bonchev–Trinajstić information content (AvgIpc) is 3.07. The molecule has 0 aromatic heterocycles. The first-order valence-electron chi connectivity index (χ1n) is 7.92. The number of rotatable bonds is 4. The van der Waals surface area contributed by atoms with Crippen molar-refractivity contribution in [3.05, 3.63) is 29.6 Å². The second-order valence-electron chi connectivity index (χ2n) is 6.19. The smallest absolute Gasteiger partial charge is 0.227 e. The molecular formula is C17H21FN2O3. The Bertz CT molecular complexity index is 634. The third-order valence-corrected chi connectivity index (χ3v) is 4.83. The van der Waals surface area contributed by atoms with Gasteiger partial charge in [-0.05, 0) is 24.6 Å². The van der Waals surface area contributed by atoms with Crippen LogP contribution in [0.5, 0.6) is 5.75 Å². The monoisotopic (exact) mass is 320 g/mol. The minimum absolute atomic E-state index is 0.0557. The van der Waals surface area contributed by atoms with Gasteiger partial charge in [0.15, 0.2) is 11.6 Å². The third-order valence-electron chi connectivity index (χ3n) is 4.83. The average molecular weight is 320 g/mol. The van der Waals surface area contributed by atoms with Gasteiger partial charge in [-0.3, -0.25) is 9.59 Å². The van der Waals surface area contributed by atoms with Crippen LogP contribution in [0.1, 0.15) is 12.5 Å². The van der Waals surface area contributed by atoms with Gasteiger partial charge < -0.3 is 14.5 Å². The van der Waals surface area contributed by atoms with Crippen molar-refractivity contribution >= 4 is 11.8 Å². The molecular weight excluding hydrogens is 299 g/mol. The lowest BCUT2D eigenvalue weighted by atomic mass is 10.0. The van der Waals surface area contributed by atoms with Gasteiger partial charge in [-0.2, -0.15) is 0 Å². The summed E-state index contributed by atoms with van der Waals surface area (Å²) in [6.07, 6.45) is 0.145. The van der Waals surface area contributed by atoms with Crippen LogP contribution in [0.3, 0.4) is 0 Å². The van der Waals surface area contributed by atoms with E-state index in [-0.39, 0.29) is 35.8 Å². The molecule has 2 aliphatic rings. The zero-order chi connectivity index (χ0) is 16.6. The maximum absolute atomic E-state index is 13.7. The van der Waals surface area contributed by atoms with E-state index in [4.69, 9.17) is 4.74 Å². The second-order valence-corrected chi connectivity index (χ2v) is 6.19. The highest BCUT2D eigenvalue weighted by Gasteiger charge is 2.46. The largest absolute Gasteiger partial charge is 0.494 e. The van der Waals surface area contributed by atoms with Crippen LogP contribution in [0.15, 0.2) is 18.2 Å². The first kappa shape index (κ1) is 15.8. The number of carbonyl (C=O) groups excluding carboxylic acids is 2. The quantitative estimate of drug-likeness (QED) is 0.840. The molecule has 1 aromatic rings. The number of halogens is 1. The number of carbonyl (C=O) groups is 2. The Morgan fingerprint density at radius 1 is 1.35 bits per heavy atom. The van der Waals surface area contributed by atoms with Gasteiger partial charge in [0.25, 0.3) is 0 Å². The standard InChI is InChI=1S/C17H21FN2O3/c1-3-19-8-12-9-20(10-13(12)17(19)22)16(21)7-11-4-5-15(23-2)14(18)6-11/h4-6,12-13H,3,7-10H2,1-2H3/t12-,13+/m1/s1. The molecule has 0 spiro atoms. The van der Waals surface area contributed by atoms with Crippen LogP contribution in [0.4, 0.5) is 4.39 Å². The molecule has 0 saturated carbocycles. The molecule has 2 amide bonds. The van der Waals surface area contributed by atoms with Gasteiger partial charge in [0, 0.05) is 32.1 Å². The number of methoxy groups -OCH3 is 1. The van der Waals surface area contributed by atoms with Gasteiger partial charge >= 0.3 is 0 Å². The van der Waals surface area contributed by atoms with Gasteiger partial charge in [-0.1, -0.05) is 6.07 Å². The van der Waals surface area contributed by atoms with Crippen LogP contribution in [-0.4, -0.2) is 54.9 Å². The molecule has 2 fully saturated rings. The molecule has 2 saturated heterocycles. The van der Waals surface area contributed by atoms with E-state index in [1.807, 2.05) is 11.8 Å². The van der Waals surface area contributed by atoms with Crippen molar-refractivity contribution in [2.75, 3.05) is 33.3 Å². The number of likely N-dealkylation sites (tertiary alicyclic amines) is 2. The number of hydrogen-bond acceptors (Lipinski definition) is 3. The van der Waals surface area contributed by atoms with Gasteiger partial charge in [0.05, 0.1) is 19.4 Å². The van der Waals surface area contributed by atoms with E-state index in [9.17, 15) is 14.0 Å². The highest BCUT2D eigenvalue weighted by atomic mass is 19.1. The predicted octanol–water partition coefficient (Wildman–Crippen LogP) is 1.31. The maximum atomic E-state index is 13.7. The van der Waals surface area contributed by atoms with Crippen LogP contribution in [0, 0.1) is 17.7 Å². The van der Waals surface area contributed by atoms with E-state index < -0.39 is 5.82 Å². The predicted molar refractivity (Wildman–Crippen MR) is 82.5 cm³/mol. The van der Waals surface area contributed by atoms with Crippen LogP contribution >= 0.6 is 0 Å². The fourth-order valence-corrected chi connectivity index (χ4v) is 3.54. The lowest BCUT2D eigenvalue weighted by Crippen LogP contribution is -2.36. The molecule has 2 heterocycles. The molecule has 0 N–H and O–H groups in total. The van der Waals surface area contributed by atoms with E-state index in [1.54, 1.807) is 11.0 Å². The van der Waals surface area contributed by atoms with Crippen molar-refractivity contribution in [1.29, 1.82) is 0 Å². The summed E-state index contributed by atoms with van der Waals surface area (Å²) in [5, 5.41) is 0. The minimum atomic E-state index is -0.468. The molecule has 0 radical (unpaired) electrons. The first-order valence-corrected chi connectivity index (χ1v) is 7.92. The Kier molecular flexibility index (Phi) is 4.24. The molecule has 2 aliphatic heterocycles. The van der Waals surface area contributed by atoms with Crippen LogP contribution < -0.4 is 4.74 Å².